The lowest BCUT2D eigenvalue weighted by molar-refractivity contribution is 0.0721. The normalized spacial score (nSPS) is 11.8. The van der Waals surface area contributed by atoms with Gasteiger partial charge >= 0.3 is 0 Å². The minimum atomic E-state index is 0.338. The molecule has 88 valence electrons. The topological polar surface area (TPSA) is 70.5 Å². The summed E-state index contributed by atoms with van der Waals surface area (Å²) in [5, 5.41) is 0. The zero-order valence-corrected chi connectivity index (χ0v) is 9.79. The molecule has 0 aliphatic carbocycles. The molecule has 1 unspecified atom stereocenters. The summed E-state index contributed by atoms with van der Waals surface area (Å²) in [7, 11) is 0. The van der Waals surface area contributed by atoms with Crippen molar-refractivity contribution in [1.29, 1.82) is 0 Å². The molecule has 0 heterocycles. The van der Waals surface area contributed by atoms with Gasteiger partial charge in [0.15, 0.2) is 0 Å². The molecule has 0 rings (SSSR count). The van der Waals surface area contributed by atoms with E-state index >= 15 is 0 Å². The molecule has 0 fully saturated rings. The maximum Gasteiger partial charge on any atom is 0.0588 e. The first kappa shape index (κ1) is 16.3. The molecule has 4 N–H and O–H groups in total. The van der Waals surface area contributed by atoms with Crippen LogP contribution in [-0.4, -0.2) is 39.0 Å². The fraction of sp³-hybridized carbons (Fsp3) is 1.00. The van der Waals surface area contributed by atoms with Gasteiger partial charge in [-0.05, 0) is 33.7 Å². The molecule has 0 aliphatic heterocycles. The highest BCUT2D eigenvalue weighted by atomic mass is 16.5. The molecule has 0 amide bonds. The Balaban J connectivity index is 0. The fourth-order valence-electron chi connectivity index (χ4n) is 0.830. The first-order valence-corrected chi connectivity index (χ1v) is 5.32. The Morgan fingerprint density at radius 3 is 2.00 bits per heavy atom. The third-order valence-corrected chi connectivity index (χ3v) is 1.49. The Labute approximate surface area is 87.9 Å². The second-order valence-corrected chi connectivity index (χ2v) is 2.83. The van der Waals surface area contributed by atoms with Crippen molar-refractivity contribution in [1.82, 2.24) is 0 Å². The van der Waals surface area contributed by atoms with Gasteiger partial charge in [0, 0.05) is 19.8 Å². The van der Waals surface area contributed by atoms with Gasteiger partial charge in [-0.3, -0.25) is 0 Å². The monoisotopic (exact) mass is 206 g/mol. The number of rotatable bonds is 7. The van der Waals surface area contributed by atoms with Gasteiger partial charge in [-0.25, -0.2) is 0 Å². The van der Waals surface area contributed by atoms with Gasteiger partial charge in [-0.2, -0.15) is 0 Å². The standard InChI is InChI=1S/C6H15NO.C4H11NO/c1-3-8-6(2)4-5-7;1-2-6-4-3-5/h6H,3-5,7H2,1-2H3;2-5H2,1H3. The third-order valence-electron chi connectivity index (χ3n) is 1.49. The summed E-state index contributed by atoms with van der Waals surface area (Å²) in [6.07, 6.45) is 1.30. The SMILES string of the molecule is CCOC(C)CCN.CCOCCN. The van der Waals surface area contributed by atoms with Gasteiger partial charge in [-0.1, -0.05) is 0 Å². The summed E-state index contributed by atoms with van der Waals surface area (Å²) in [4.78, 5) is 0. The molecule has 4 heteroatoms. The average molecular weight is 206 g/mol. The van der Waals surface area contributed by atoms with E-state index < -0.39 is 0 Å². The predicted molar refractivity (Wildman–Crippen MR) is 60.3 cm³/mol. The fourth-order valence-corrected chi connectivity index (χ4v) is 0.830. The van der Waals surface area contributed by atoms with Gasteiger partial charge < -0.3 is 20.9 Å². The van der Waals surface area contributed by atoms with Crippen LogP contribution in [0.4, 0.5) is 0 Å². The van der Waals surface area contributed by atoms with E-state index in [0.717, 1.165) is 26.2 Å². The van der Waals surface area contributed by atoms with Crippen LogP contribution < -0.4 is 11.5 Å². The van der Waals surface area contributed by atoms with E-state index in [0.29, 0.717) is 19.3 Å². The first-order valence-electron chi connectivity index (χ1n) is 5.32. The quantitative estimate of drug-likeness (QED) is 0.603. The van der Waals surface area contributed by atoms with Crippen molar-refractivity contribution in [2.24, 2.45) is 11.5 Å². The lowest BCUT2D eigenvalue weighted by Crippen LogP contribution is -2.13. The highest BCUT2D eigenvalue weighted by Crippen LogP contribution is 1.92. The van der Waals surface area contributed by atoms with Crippen molar-refractivity contribution in [2.45, 2.75) is 33.3 Å². The van der Waals surface area contributed by atoms with Crippen LogP contribution in [0.25, 0.3) is 0 Å². The van der Waals surface area contributed by atoms with E-state index in [1.54, 1.807) is 0 Å². The molecular formula is C10H26N2O2. The summed E-state index contributed by atoms with van der Waals surface area (Å²) in [5.74, 6) is 0. The number of hydrogen-bond acceptors (Lipinski definition) is 4. The molecule has 14 heavy (non-hydrogen) atoms. The summed E-state index contributed by atoms with van der Waals surface area (Å²) in [6.45, 7) is 9.60. The third kappa shape index (κ3) is 17.8. The zero-order valence-electron chi connectivity index (χ0n) is 9.79. The molecule has 0 aliphatic rings. The lowest BCUT2D eigenvalue weighted by atomic mass is 10.3. The van der Waals surface area contributed by atoms with Crippen molar-refractivity contribution in [2.75, 3.05) is 32.9 Å². The second kappa shape index (κ2) is 15.3. The highest BCUT2D eigenvalue weighted by molar-refractivity contribution is 4.48. The molecule has 4 nitrogen and oxygen atoms in total. The van der Waals surface area contributed by atoms with Crippen molar-refractivity contribution in [3.05, 3.63) is 0 Å². The maximum atomic E-state index is 5.28. The summed E-state index contributed by atoms with van der Waals surface area (Å²) < 4.78 is 10.1. The first-order chi connectivity index (χ1) is 6.72. The van der Waals surface area contributed by atoms with E-state index in [2.05, 4.69) is 0 Å². The number of ether oxygens (including phenoxy) is 2. The summed E-state index contributed by atoms with van der Waals surface area (Å²) in [5.41, 5.74) is 10.4. The minimum Gasteiger partial charge on any atom is -0.380 e. The molecule has 0 saturated carbocycles. The van der Waals surface area contributed by atoms with Crippen LogP contribution in [0, 0.1) is 0 Å². The van der Waals surface area contributed by atoms with Gasteiger partial charge in [0.1, 0.15) is 0 Å². The van der Waals surface area contributed by atoms with E-state index in [1.165, 1.54) is 0 Å². The molecule has 0 bridgehead atoms. The van der Waals surface area contributed by atoms with E-state index in [1.807, 2.05) is 20.8 Å². The van der Waals surface area contributed by atoms with Crippen LogP contribution >= 0.6 is 0 Å². The van der Waals surface area contributed by atoms with Crippen molar-refractivity contribution in [3.8, 4) is 0 Å². The van der Waals surface area contributed by atoms with Crippen LogP contribution in [0.3, 0.4) is 0 Å². The molecule has 0 aromatic carbocycles. The summed E-state index contributed by atoms with van der Waals surface area (Å²) in [6, 6.07) is 0. The smallest absolute Gasteiger partial charge is 0.0588 e. The van der Waals surface area contributed by atoms with Crippen LogP contribution in [0.15, 0.2) is 0 Å². The van der Waals surface area contributed by atoms with E-state index in [9.17, 15) is 0 Å². The predicted octanol–water partition coefficient (Wildman–Crippen LogP) is 0.742. The molecule has 0 aromatic heterocycles. The molecule has 0 radical (unpaired) electrons. The number of nitrogens with two attached hydrogens (primary N) is 2. The van der Waals surface area contributed by atoms with Gasteiger partial charge in [-0.15, -0.1) is 0 Å². The Morgan fingerprint density at radius 1 is 1.07 bits per heavy atom. The lowest BCUT2D eigenvalue weighted by Gasteiger charge is -2.07. The zero-order chi connectivity index (χ0) is 11.2. The second-order valence-electron chi connectivity index (χ2n) is 2.83. The van der Waals surface area contributed by atoms with Gasteiger partial charge in [0.05, 0.1) is 12.7 Å². The molecule has 0 aromatic rings. The molecule has 0 spiro atoms. The van der Waals surface area contributed by atoms with Crippen LogP contribution in [0.2, 0.25) is 0 Å². The maximum absolute atomic E-state index is 5.28. The van der Waals surface area contributed by atoms with Gasteiger partial charge in [0.25, 0.3) is 0 Å². The average Bonchev–Trinajstić information content (AvgIpc) is 2.16. The van der Waals surface area contributed by atoms with E-state index in [4.69, 9.17) is 20.9 Å². The molecular weight excluding hydrogens is 180 g/mol. The van der Waals surface area contributed by atoms with E-state index in [-0.39, 0.29) is 0 Å². The Bertz CT molecular complexity index is 82.2. The molecule has 1 atom stereocenters. The van der Waals surface area contributed by atoms with Crippen molar-refractivity contribution < 1.29 is 9.47 Å². The molecule has 0 saturated heterocycles. The Hall–Kier alpha value is -0.160. The van der Waals surface area contributed by atoms with Crippen molar-refractivity contribution >= 4 is 0 Å². The van der Waals surface area contributed by atoms with Crippen LogP contribution in [0.5, 0.6) is 0 Å². The van der Waals surface area contributed by atoms with Gasteiger partial charge in [0.2, 0.25) is 0 Å². The Morgan fingerprint density at radius 2 is 1.71 bits per heavy atom. The van der Waals surface area contributed by atoms with Crippen LogP contribution in [0.1, 0.15) is 27.2 Å². The Kier molecular flexibility index (Phi) is 17.8. The highest BCUT2D eigenvalue weighted by Gasteiger charge is 1.95. The van der Waals surface area contributed by atoms with Crippen molar-refractivity contribution in [3.63, 3.8) is 0 Å². The summed E-state index contributed by atoms with van der Waals surface area (Å²) >= 11 is 0. The largest absolute Gasteiger partial charge is 0.380 e. The van der Waals surface area contributed by atoms with Crippen LogP contribution in [-0.2, 0) is 9.47 Å². The number of hydrogen-bond donors (Lipinski definition) is 2. The minimum absolute atomic E-state index is 0.338.